The van der Waals surface area contributed by atoms with Crippen LogP contribution in [0.5, 0.6) is 0 Å². The van der Waals surface area contributed by atoms with E-state index in [1.807, 2.05) is 0 Å². The number of anilines is 1. The minimum Gasteiger partial charge on any atom is -0.454 e. The van der Waals surface area contributed by atoms with E-state index in [9.17, 15) is 14.2 Å². The highest BCUT2D eigenvalue weighted by Crippen LogP contribution is 2.38. The van der Waals surface area contributed by atoms with Crippen molar-refractivity contribution in [2.45, 2.75) is 25.0 Å². The number of nitrogen functional groups attached to an aromatic ring is 1. The highest BCUT2D eigenvalue weighted by molar-refractivity contribution is 7.51. The van der Waals surface area contributed by atoms with Gasteiger partial charge in [0.1, 0.15) is 5.82 Å². The van der Waals surface area contributed by atoms with Gasteiger partial charge in [-0.25, -0.2) is 9.59 Å². The van der Waals surface area contributed by atoms with Gasteiger partial charge in [0.25, 0.3) is 0 Å². The summed E-state index contributed by atoms with van der Waals surface area (Å²) in [5, 5.41) is 0. The maximum absolute atomic E-state index is 12.4. The Morgan fingerprint density at radius 1 is 1.32 bits per heavy atom. The zero-order valence-corrected chi connectivity index (χ0v) is 15.3. The molecule has 28 heavy (non-hydrogen) atoms. The second-order valence-electron chi connectivity index (χ2n) is 6.00. The monoisotopic (exact) mass is 411 g/mol. The molecule has 0 unspecified atom stereocenters. The molecule has 1 aromatic carbocycles. The molecule has 4 N–H and O–H groups in total. The minimum atomic E-state index is -4.43. The summed E-state index contributed by atoms with van der Waals surface area (Å²) >= 11 is 0. The second kappa shape index (κ2) is 8.21. The fourth-order valence-corrected chi connectivity index (χ4v) is 3.00. The number of benzene rings is 1. The van der Waals surface area contributed by atoms with E-state index in [2.05, 4.69) is 4.98 Å². The molecule has 2 heterocycles. The number of hydrogen-bond acceptors (Lipinski definition) is 8. The summed E-state index contributed by atoms with van der Waals surface area (Å²) in [5.74, 6) is -0.641. The fraction of sp³-hybridized carbons (Fsp3) is 0.312. The third kappa shape index (κ3) is 5.03. The predicted molar refractivity (Wildman–Crippen MR) is 95.1 cm³/mol. The van der Waals surface area contributed by atoms with Crippen molar-refractivity contribution < 1.29 is 33.4 Å². The summed E-state index contributed by atoms with van der Waals surface area (Å²) in [7, 11) is -4.43. The quantitative estimate of drug-likeness (QED) is 0.449. The van der Waals surface area contributed by atoms with Gasteiger partial charge in [-0.1, -0.05) is 18.2 Å². The molecule has 1 fully saturated rings. The van der Waals surface area contributed by atoms with Crippen LogP contribution < -0.4 is 11.4 Å². The van der Waals surface area contributed by atoms with Gasteiger partial charge >= 0.3 is 19.3 Å². The Morgan fingerprint density at radius 3 is 2.68 bits per heavy atom. The highest BCUT2D eigenvalue weighted by Gasteiger charge is 2.41. The maximum Gasteiger partial charge on any atom is 0.351 e. The van der Waals surface area contributed by atoms with Crippen LogP contribution in [0.3, 0.4) is 0 Å². The van der Waals surface area contributed by atoms with Gasteiger partial charge in [0.2, 0.25) is 0 Å². The molecule has 0 saturated carbocycles. The lowest BCUT2D eigenvalue weighted by Crippen LogP contribution is -2.34. The van der Waals surface area contributed by atoms with Crippen LogP contribution in [0.4, 0.5) is 5.82 Å². The third-order valence-corrected chi connectivity index (χ3v) is 4.34. The van der Waals surface area contributed by atoms with Gasteiger partial charge in [-0.05, 0) is 18.2 Å². The molecule has 11 nitrogen and oxygen atoms in total. The van der Waals surface area contributed by atoms with Crippen molar-refractivity contribution in [1.29, 1.82) is 0 Å². The van der Waals surface area contributed by atoms with Gasteiger partial charge in [-0.3, -0.25) is 9.13 Å². The van der Waals surface area contributed by atoms with E-state index in [0.29, 0.717) is 5.56 Å². The first-order chi connectivity index (χ1) is 13.2. The number of carbonyl (C=O) groups excluding carboxylic acids is 1. The normalized spacial score (nSPS) is 22.1. The number of hydrogen-bond donors (Lipinski definition) is 3. The molecule has 3 atom stereocenters. The smallest absolute Gasteiger partial charge is 0.351 e. The van der Waals surface area contributed by atoms with Crippen molar-refractivity contribution in [3.8, 4) is 0 Å². The van der Waals surface area contributed by atoms with Gasteiger partial charge < -0.3 is 29.7 Å². The van der Waals surface area contributed by atoms with Crippen molar-refractivity contribution in [1.82, 2.24) is 9.55 Å². The maximum atomic E-state index is 12.4. The first-order valence-corrected chi connectivity index (χ1v) is 9.95. The molecule has 0 amide bonds. The first-order valence-electron chi connectivity index (χ1n) is 8.15. The molecule has 3 rings (SSSR count). The van der Waals surface area contributed by atoms with Crippen molar-refractivity contribution in [2.75, 3.05) is 12.1 Å². The fourth-order valence-electron chi connectivity index (χ4n) is 2.64. The summed E-state index contributed by atoms with van der Waals surface area (Å²) in [5.41, 5.74) is 5.04. The largest absolute Gasteiger partial charge is 0.454 e. The summed E-state index contributed by atoms with van der Waals surface area (Å²) in [6.07, 6.45) is -2.76. The lowest BCUT2D eigenvalue weighted by atomic mass is 10.2. The zero-order valence-electron chi connectivity index (χ0n) is 14.5. The van der Waals surface area contributed by atoms with Crippen LogP contribution in [-0.2, 0) is 18.8 Å². The van der Waals surface area contributed by atoms with Crippen molar-refractivity contribution >= 4 is 19.4 Å². The van der Waals surface area contributed by atoms with E-state index in [1.165, 1.54) is 12.3 Å². The van der Waals surface area contributed by atoms with Gasteiger partial charge in [0.15, 0.2) is 25.0 Å². The second-order valence-corrected chi connectivity index (χ2v) is 7.59. The summed E-state index contributed by atoms with van der Waals surface area (Å²) in [4.78, 5) is 46.0. The number of nitrogens with zero attached hydrogens (tertiary/aromatic N) is 2. The van der Waals surface area contributed by atoms with E-state index in [0.717, 1.165) is 4.57 Å². The van der Waals surface area contributed by atoms with E-state index in [1.54, 1.807) is 30.3 Å². The Labute approximate surface area is 158 Å². The lowest BCUT2D eigenvalue weighted by molar-refractivity contribution is -0.147. The van der Waals surface area contributed by atoms with Crippen LogP contribution in [0.25, 0.3) is 0 Å². The molecule has 1 aliphatic heterocycles. The Hall–Kier alpha value is -2.56. The van der Waals surface area contributed by atoms with E-state index in [-0.39, 0.29) is 12.2 Å². The Kier molecular flexibility index (Phi) is 5.92. The van der Waals surface area contributed by atoms with Crippen molar-refractivity contribution in [3.05, 3.63) is 58.6 Å². The molecule has 0 bridgehead atoms. The van der Waals surface area contributed by atoms with Gasteiger partial charge in [-0.2, -0.15) is 4.98 Å². The van der Waals surface area contributed by atoms with Gasteiger partial charge in [0, 0.05) is 12.6 Å². The van der Waals surface area contributed by atoms with Crippen LogP contribution in [-0.4, -0.2) is 44.0 Å². The molecule has 2 aromatic rings. The van der Waals surface area contributed by atoms with Crippen LogP contribution in [0, 0.1) is 0 Å². The average Bonchev–Trinajstić information content (AvgIpc) is 3.03. The SMILES string of the molecule is Nc1ccn([C@@H]2O[C@H](OCP(=O)(O)O)C[C@@H]2OC(=O)c2ccccc2)c(=O)n1. The molecule has 1 aliphatic rings. The standard InChI is InChI=1S/C16H18N3O8P/c17-12-6-7-19(16(21)18-12)14-11(8-13(27-14)25-9-28(22,23)24)26-15(20)10-4-2-1-3-5-10/h1-7,11,13-14H,8-9H2,(H2,17,18,21)(H2,22,23,24)/t11-,13-,14+/m0/s1. The number of aromatic nitrogens is 2. The van der Waals surface area contributed by atoms with Crippen LogP contribution in [0.1, 0.15) is 23.0 Å². The molecule has 0 radical (unpaired) electrons. The summed E-state index contributed by atoms with van der Waals surface area (Å²) in [6, 6.07) is 9.56. The number of carbonyl (C=O) groups is 1. The molecule has 1 aromatic heterocycles. The van der Waals surface area contributed by atoms with E-state index in [4.69, 9.17) is 29.7 Å². The molecule has 1 saturated heterocycles. The van der Waals surface area contributed by atoms with Crippen molar-refractivity contribution in [3.63, 3.8) is 0 Å². The predicted octanol–water partition coefficient (Wildman–Crippen LogP) is 0.448. The molecule has 150 valence electrons. The highest BCUT2D eigenvalue weighted by atomic mass is 31.2. The Morgan fingerprint density at radius 2 is 2.04 bits per heavy atom. The van der Waals surface area contributed by atoms with Gasteiger partial charge in [-0.15, -0.1) is 0 Å². The Bertz CT molecular complexity index is 944. The topological polar surface area (TPSA) is 163 Å². The summed E-state index contributed by atoms with van der Waals surface area (Å²) in [6.45, 7) is 0. The average molecular weight is 411 g/mol. The molecule has 0 spiro atoms. The number of rotatable bonds is 6. The Balaban J connectivity index is 1.81. The third-order valence-electron chi connectivity index (χ3n) is 3.86. The minimum absolute atomic E-state index is 0.00590. The van der Waals surface area contributed by atoms with Crippen molar-refractivity contribution in [2.24, 2.45) is 0 Å². The first kappa shape index (κ1) is 20.2. The zero-order chi connectivity index (χ0) is 20.3. The number of nitrogens with two attached hydrogens (primary N) is 1. The van der Waals surface area contributed by atoms with Crippen LogP contribution in [0.2, 0.25) is 0 Å². The molecular formula is C16H18N3O8P. The lowest BCUT2D eigenvalue weighted by Gasteiger charge is -2.20. The molecular weight excluding hydrogens is 393 g/mol. The number of esters is 1. The van der Waals surface area contributed by atoms with E-state index >= 15 is 0 Å². The van der Waals surface area contributed by atoms with Crippen LogP contribution >= 0.6 is 7.60 Å². The molecule has 12 heteroatoms. The van der Waals surface area contributed by atoms with Crippen LogP contribution in [0.15, 0.2) is 47.4 Å². The van der Waals surface area contributed by atoms with E-state index < -0.39 is 44.2 Å². The number of ether oxygens (including phenoxy) is 3. The summed E-state index contributed by atoms with van der Waals surface area (Å²) < 4.78 is 28.2. The molecule has 0 aliphatic carbocycles. The van der Waals surface area contributed by atoms with Gasteiger partial charge in [0.05, 0.1) is 5.56 Å².